The number of aromatic nitrogens is 1. The Labute approximate surface area is 120 Å². The molecule has 1 rings (SSSR count). The summed E-state index contributed by atoms with van der Waals surface area (Å²) >= 11 is 0. The molecule has 0 atom stereocenters. The lowest BCUT2D eigenvalue weighted by Crippen LogP contribution is -2.49. The Morgan fingerprint density at radius 3 is 2.45 bits per heavy atom. The van der Waals surface area contributed by atoms with Crippen LogP contribution < -0.4 is 16.1 Å². The predicted molar refractivity (Wildman–Crippen MR) is 79.2 cm³/mol. The first-order valence-corrected chi connectivity index (χ1v) is 6.34. The van der Waals surface area contributed by atoms with Crippen molar-refractivity contribution in [1.29, 1.82) is 0 Å². The Bertz CT molecular complexity index is 455. The molecule has 0 fully saturated rings. The van der Waals surface area contributed by atoms with Gasteiger partial charge in [0.1, 0.15) is 5.82 Å². The number of carbonyl (C=O) groups excluding carboxylic acids is 1. The van der Waals surface area contributed by atoms with E-state index < -0.39 is 11.2 Å². The van der Waals surface area contributed by atoms with Crippen LogP contribution in [-0.4, -0.2) is 41.9 Å². The zero-order chi connectivity index (χ0) is 15.4. The van der Waals surface area contributed by atoms with Crippen LogP contribution in [-0.2, 0) is 4.65 Å². The molecule has 0 saturated heterocycles. The Morgan fingerprint density at radius 1 is 1.35 bits per heavy atom. The molecule has 0 aliphatic heterocycles. The van der Waals surface area contributed by atoms with E-state index in [1.165, 1.54) is 14.5 Å². The SMILES string of the molecule is CNC(=O)Nc1ccc([B]OC(C)(C)C(C)(C)O)cn1. The molecule has 0 unspecified atom stereocenters. The van der Waals surface area contributed by atoms with Gasteiger partial charge in [-0.05, 0) is 39.2 Å². The fourth-order valence-corrected chi connectivity index (χ4v) is 1.09. The lowest BCUT2D eigenvalue weighted by molar-refractivity contribution is -0.0893. The molecule has 3 N–H and O–H groups in total. The molecular weight excluding hydrogens is 257 g/mol. The summed E-state index contributed by atoms with van der Waals surface area (Å²) in [4.78, 5) is 15.2. The van der Waals surface area contributed by atoms with Crippen LogP contribution >= 0.6 is 0 Å². The van der Waals surface area contributed by atoms with Gasteiger partial charge in [-0.3, -0.25) is 5.32 Å². The lowest BCUT2D eigenvalue weighted by Gasteiger charge is -2.37. The Balaban J connectivity index is 2.60. The average molecular weight is 278 g/mol. The van der Waals surface area contributed by atoms with Gasteiger partial charge in [0.25, 0.3) is 0 Å². The zero-order valence-electron chi connectivity index (χ0n) is 12.5. The van der Waals surface area contributed by atoms with Gasteiger partial charge >= 0.3 is 13.5 Å². The Kier molecular flexibility index (Phi) is 5.13. The molecule has 20 heavy (non-hydrogen) atoms. The Hall–Kier alpha value is -1.60. The largest absolute Gasteiger partial charge is 0.427 e. The summed E-state index contributed by atoms with van der Waals surface area (Å²) in [6, 6.07) is 3.11. The lowest BCUT2D eigenvalue weighted by atomic mass is 9.83. The maximum absolute atomic E-state index is 11.1. The third-order valence-electron chi connectivity index (χ3n) is 3.22. The van der Waals surface area contributed by atoms with Crippen molar-refractivity contribution in [2.45, 2.75) is 38.9 Å². The number of hydrogen-bond acceptors (Lipinski definition) is 4. The van der Waals surface area contributed by atoms with Crippen LogP contribution in [0.4, 0.5) is 10.6 Å². The zero-order valence-corrected chi connectivity index (χ0v) is 12.5. The number of hydrogen-bond donors (Lipinski definition) is 3. The van der Waals surface area contributed by atoms with Crippen molar-refractivity contribution < 1.29 is 14.6 Å². The van der Waals surface area contributed by atoms with E-state index in [2.05, 4.69) is 15.6 Å². The minimum absolute atomic E-state index is 0.325. The van der Waals surface area contributed by atoms with Gasteiger partial charge in [0, 0.05) is 13.2 Å². The van der Waals surface area contributed by atoms with Crippen LogP contribution in [0, 0.1) is 0 Å². The number of nitrogens with zero attached hydrogens (tertiary/aromatic N) is 1. The molecule has 1 aromatic rings. The molecule has 0 aliphatic rings. The summed E-state index contributed by atoms with van der Waals surface area (Å²) in [6.07, 6.45) is 1.58. The van der Waals surface area contributed by atoms with Gasteiger partial charge in [0.05, 0.1) is 11.2 Å². The highest BCUT2D eigenvalue weighted by Gasteiger charge is 2.35. The number of urea groups is 1. The van der Waals surface area contributed by atoms with Gasteiger partial charge in [-0.15, -0.1) is 0 Å². The van der Waals surface area contributed by atoms with Crippen LogP contribution in [0.25, 0.3) is 0 Å². The second kappa shape index (κ2) is 6.24. The van der Waals surface area contributed by atoms with Crippen molar-refractivity contribution in [2.75, 3.05) is 12.4 Å². The monoisotopic (exact) mass is 278 g/mol. The average Bonchev–Trinajstić information content (AvgIpc) is 2.36. The van der Waals surface area contributed by atoms with Crippen LogP contribution in [0.3, 0.4) is 0 Å². The fourth-order valence-electron chi connectivity index (χ4n) is 1.09. The molecule has 0 bridgehead atoms. The molecule has 0 aromatic carbocycles. The second-order valence-corrected chi connectivity index (χ2v) is 5.49. The Morgan fingerprint density at radius 2 is 2.00 bits per heavy atom. The molecule has 2 amide bonds. The van der Waals surface area contributed by atoms with Crippen molar-refractivity contribution in [3.8, 4) is 0 Å². The maximum atomic E-state index is 11.1. The van der Waals surface area contributed by atoms with E-state index in [1.54, 1.807) is 46.0 Å². The normalized spacial score (nSPS) is 11.9. The van der Waals surface area contributed by atoms with E-state index in [0.717, 1.165) is 5.46 Å². The first-order valence-electron chi connectivity index (χ1n) is 6.34. The standard InChI is InChI=1S/C13H21BN3O3/c1-12(2,19)13(3,4)20-14-9-6-7-10(16-8-9)17-11(18)15-5/h6-8,19H,1-5H3,(H2,15,16,17,18). The summed E-state index contributed by atoms with van der Waals surface area (Å²) in [7, 11) is 3.07. The summed E-state index contributed by atoms with van der Waals surface area (Å²) in [5.74, 6) is 0.447. The van der Waals surface area contributed by atoms with Crippen molar-refractivity contribution in [3.05, 3.63) is 18.3 Å². The topological polar surface area (TPSA) is 83.5 Å². The molecular formula is C13H21BN3O3. The van der Waals surface area contributed by atoms with Crippen molar-refractivity contribution in [3.63, 3.8) is 0 Å². The molecule has 109 valence electrons. The van der Waals surface area contributed by atoms with Crippen LogP contribution in [0.15, 0.2) is 18.3 Å². The number of pyridine rings is 1. The minimum atomic E-state index is -0.975. The first-order chi connectivity index (χ1) is 9.15. The molecule has 1 radical (unpaired) electrons. The van der Waals surface area contributed by atoms with Crippen LogP contribution in [0.2, 0.25) is 0 Å². The molecule has 0 saturated carbocycles. The molecule has 0 aliphatic carbocycles. The smallest absolute Gasteiger partial charge is 0.332 e. The van der Waals surface area contributed by atoms with E-state index in [0.29, 0.717) is 5.82 Å². The first kappa shape index (κ1) is 16.5. The predicted octanol–water partition coefficient (Wildman–Crippen LogP) is 0.643. The highest BCUT2D eigenvalue weighted by atomic mass is 16.5. The molecule has 0 spiro atoms. The third kappa shape index (κ3) is 4.50. The number of amides is 2. The maximum Gasteiger partial charge on any atom is 0.332 e. The van der Waals surface area contributed by atoms with E-state index in [9.17, 15) is 9.90 Å². The van der Waals surface area contributed by atoms with E-state index in [4.69, 9.17) is 4.65 Å². The van der Waals surface area contributed by atoms with Crippen molar-refractivity contribution in [1.82, 2.24) is 10.3 Å². The van der Waals surface area contributed by atoms with Gasteiger partial charge in [-0.2, -0.15) is 0 Å². The number of carbonyl (C=O) groups is 1. The van der Waals surface area contributed by atoms with Gasteiger partial charge in [-0.25, -0.2) is 9.78 Å². The minimum Gasteiger partial charge on any atom is -0.427 e. The fraction of sp³-hybridized carbons (Fsp3) is 0.538. The van der Waals surface area contributed by atoms with Crippen LogP contribution in [0.5, 0.6) is 0 Å². The second-order valence-electron chi connectivity index (χ2n) is 5.49. The third-order valence-corrected chi connectivity index (χ3v) is 3.22. The summed E-state index contributed by atoms with van der Waals surface area (Å²) < 4.78 is 5.61. The van der Waals surface area contributed by atoms with Crippen LogP contribution in [0.1, 0.15) is 27.7 Å². The van der Waals surface area contributed by atoms with Gasteiger partial charge < -0.3 is 15.1 Å². The van der Waals surface area contributed by atoms with Gasteiger partial charge in [0.2, 0.25) is 0 Å². The van der Waals surface area contributed by atoms with Crippen molar-refractivity contribution >= 4 is 24.8 Å². The van der Waals surface area contributed by atoms with Gasteiger partial charge in [-0.1, -0.05) is 6.07 Å². The van der Waals surface area contributed by atoms with Crippen molar-refractivity contribution in [2.24, 2.45) is 0 Å². The quantitative estimate of drug-likeness (QED) is 0.690. The highest BCUT2D eigenvalue weighted by Crippen LogP contribution is 2.24. The van der Waals surface area contributed by atoms with E-state index >= 15 is 0 Å². The molecule has 7 heteroatoms. The number of anilines is 1. The molecule has 6 nitrogen and oxygen atoms in total. The molecule has 1 heterocycles. The summed E-state index contributed by atoms with van der Waals surface area (Å²) in [5.41, 5.74) is -0.964. The van der Waals surface area contributed by atoms with E-state index in [-0.39, 0.29) is 6.03 Å². The summed E-state index contributed by atoms with van der Waals surface area (Å²) in [6.45, 7) is 6.99. The highest BCUT2D eigenvalue weighted by molar-refractivity contribution is 6.46. The molecule has 1 aromatic heterocycles. The van der Waals surface area contributed by atoms with Gasteiger partial charge in [0.15, 0.2) is 0 Å². The van der Waals surface area contributed by atoms with E-state index in [1.807, 2.05) is 0 Å². The number of aliphatic hydroxyl groups is 1. The summed E-state index contributed by atoms with van der Waals surface area (Å²) in [5, 5.41) is 15.0. The number of rotatable bonds is 5. The number of nitrogens with one attached hydrogen (secondary N) is 2.